The summed E-state index contributed by atoms with van der Waals surface area (Å²) in [5, 5.41) is 3.46. The van der Waals surface area contributed by atoms with Crippen molar-refractivity contribution in [3.8, 4) is 0 Å². The summed E-state index contributed by atoms with van der Waals surface area (Å²) in [6.07, 6.45) is 9.40. The van der Waals surface area contributed by atoms with E-state index in [9.17, 15) is 0 Å². The topological polar surface area (TPSA) is 39.1 Å². The Bertz CT molecular complexity index is 470. The first kappa shape index (κ1) is 12.8. The van der Waals surface area contributed by atoms with Crippen LogP contribution in [0.25, 0.3) is 0 Å². The van der Waals surface area contributed by atoms with Gasteiger partial charge in [0, 0.05) is 37.7 Å². The predicted molar refractivity (Wildman–Crippen MR) is 77.8 cm³/mol. The molecule has 0 spiro atoms. The lowest BCUT2D eigenvalue weighted by atomic mass is 10.1. The van der Waals surface area contributed by atoms with E-state index in [1.54, 1.807) is 0 Å². The number of ether oxygens (including phenoxy) is 1. The third-order valence-corrected chi connectivity index (χ3v) is 5.15. The summed E-state index contributed by atoms with van der Waals surface area (Å²) in [4.78, 5) is 5.02. The summed E-state index contributed by atoms with van der Waals surface area (Å²) in [5.41, 5.74) is 2.79. The average molecular weight is 275 g/mol. The molecule has 1 saturated heterocycles. The molecule has 1 N–H and O–H groups in total. The van der Waals surface area contributed by atoms with Gasteiger partial charge in [-0.25, -0.2) is 4.98 Å². The van der Waals surface area contributed by atoms with Gasteiger partial charge in [-0.3, -0.25) is 0 Å². The zero-order valence-electron chi connectivity index (χ0n) is 12.2. The second-order valence-electron chi connectivity index (χ2n) is 6.52. The van der Waals surface area contributed by atoms with Gasteiger partial charge in [0.05, 0.1) is 18.3 Å². The molecule has 110 valence electrons. The van der Waals surface area contributed by atoms with Gasteiger partial charge in [-0.2, -0.15) is 0 Å². The summed E-state index contributed by atoms with van der Waals surface area (Å²) < 4.78 is 8.41. The minimum atomic E-state index is 0.420. The number of nitrogens with zero attached hydrogens (tertiary/aromatic N) is 2. The van der Waals surface area contributed by atoms with Crippen LogP contribution in [0.15, 0.2) is 0 Å². The van der Waals surface area contributed by atoms with Crippen LogP contribution in [0.2, 0.25) is 0 Å². The summed E-state index contributed by atoms with van der Waals surface area (Å²) in [6, 6.07) is 0. The number of hydrogen-bond donors (Lipinski definition) is 1. The molecule has 20 heavy (non-hydrogen) atoms. The maximum absolute atomic E-state index is 5.87. The van der Waals surface area contributed by atoms with Crippen molar-refractivity contribution >= 4 is 0 Å². The van der Waals surface area contributed by atoms with Gasteiger partial charge in [0.2, 0.25) is 0 Å². The van der Waals surface area contributed by atoms with Crippen LogP contribution < -0.4 is 5.32 Å². The van der Waals surface area contributed by atoms with Crippen molar-refractivity contribution in [3.05, 3.63) is 17.2 Å². The molecule has 3 aliphatic rings. The molecular formula is C16H25N3O. The van der Waals surface area contributed by atoms with E-state index < -0.39 is 0 Å². The number of hydrogen-bond acceptors (Lipinski definition) is 3. The van der Waals surface area contributed by atoms with Crippen molar-refractivity contribution in [1.29, 1.82) is 0 Å². The number of fused-ring (bicyclic) bond motifs is 1. The van der Waals surface area contributed by atoms with Gasteiger partial charge >= 0.3 is 0 Å². The van der Waals surface area contributed by atoms with Crippen LogP contribution >= 0.6 is 0 Å². The molecule has 2 aliphatic heterocycles. The molecule has 4 nitrogen and oxygen atoms in total. The zero-order valence-corrected chi connectivity index (χ0v) is 12.2. The fraction of sp³-hybridized carbons (Fsp3) is 0.812. The van der Waals surface area contributed by atoms with E-state index in [1.165, 1.54) is 55.7 Å². The Hall–Kier alpha value is -0.870. The minimum Gasteiger partial charge on any atom is -0.376 e. The molecular weight excluding hydrogens is 250 g/mol. The molecule has 0 aromatic carbocycles. The fourth-order valence-corrected chi connectivity index (χ4v) is 4.08. The SMILES string of the molecule is C1COC(Cn2c(C3CCCC3)nc3c2CCNC3)C1. The summed E-state index contributed by atoms with van der Waals surface area (Å²) >= 11 is 0. The molecule has 2 fully saturated rings. The van der Waals surface area contributed by atoms with E-state index in [1.807, 2.05) is 0 Å². The highest BCUT2D eigenvalue weighted by Crippen LogP contribution is 2.35. The van der Waals surface area contributed by atoms with Crippen LogP contribution in [0, 0.1) is 0 Å². The normalized spacial score (nSPS) is 27.1. The molecule has 1 aliphatic carbocycles. The molecule has 4 rings (SSSR count). The first-order valence-electron chi connectivity index (χ1n) is 8.32. The fourth-order valence-electron chi connectivity index (χ4n) is 4.08. The van der Waals surface area contributed by atoms with E-state index in [0.717, 1.165) is 32.7 Å². The highest BCUT2D eigenvalue weighted by atomic mass is 16.5. The number of rotatable bonds is 3. The predicted octanol–water partition coefficient (Wildman–Crippen LogP) is 2.37. The molecule has 0 amide bonds. The van der Waals surface area contributed by atoms with E-state index in [2.05, 4.69) is 9.88 Å². The van der Waals surface area contributed by atoms with Crippen molar-refractivity contribution < 1.29 is 4.74 Å². The lowest BCUT2D eigenvalue weighted by Gasteiger charge is -2.20. The second kappa shape index (κ2) is 5.49. The third kappa shape index (κ3) is 2.29. The smallest absolute Gasteiger partial charge is 0.112 e. The number of imidazole rings is 1. The van der Waals surface area contributed by atoms with Crippen molar-refractivity contribution in [1.82, 2.24) is 14.9 Å². The zero-order chi connectivity index (χ0) is 13.4. The average Bonchev–Trinajstić information content (AvgIpc) is 3.19. The summed E-state index contributed by atoms with van der Waals surface area (Å²) in [7, 11) is 0. The molecule has 1 saturated carbocycles. The van der Waals surface area contributed by atoms with Crippen molar-refractivity contribution in [2.75, 3.05) is 13.2 Å². The minimum absolute atomic E-state index is 0.420. The van der Waals surface area contributed by atoms with Crippen molar-refractivity contribution in [2.24, 2.45) is 0 Å². The van der Waals surface area contributed by atoms with E-state index in [4.69, 9.17) is 9.72 Å². The molecule has 1 aromatic rings. The first-order valence-corrected chi connectivity index (χ1v) is 8.32. The Labute approximate surface area is 120 Å². The summed E-state index contributed by atoms with van der Waals surface area (Å²) in [6.45, 7) is 4.03. The number of nitrogens with one attached hydrogen (secondary N) is 1. The first-order chi connectivity index (χ1) is 9.92. The number of aromatic nitrogens is 2. The molecule has 3 heterocycles. The Kier molecular flexibility index (Phi) is 3.52. The highest BCUT2D eigenvalue weighted by Gasteiger charge is 2.29. The maximum atomic E-state index is 5.87. The van der Waals surface area contributed by atoms with E-state index in [0.29, 0.717) is 12.0 Å². The van der Waals surface area contributed by atoms with Gasteiger partial charge in [0.15, 0.2) is 0 Å². The monoisotopic (exact) mass is 275 g/mol. The van der Waals surface area contributed by atoms with Crippen molar-refractivity contribution in [3.63, 3.8) is 0 Å². The maximum Gasteiger partial charge on any atom is 0.112 e. The van der Waals surface area contributed by atoms with Crippen LogP contribution in [-0.2, 0) is 24.2 Å². The van der Waals surface area contributed by atoms with Gasteiger partial charge in [0.1, 0.15) is 5.82 Å². The van der Waals surface area contributed by atoms with Gasteiger partial charge in [-0.1, -0.05) is 12.8 Å². The summed E-state index contributed by atoms with van der Waals surface area (Å²) in [5.74, 6) is 2.06. The van der Waals surface area contributed by atoms with Gasteiger partial charge in [-0.05, 0) is 25.7 Å². The van der Waals surface area contributed by atoms with Crippen LogP contribution in [0.3, 0.4) is 0 Å². The molecule has 1 atom stereocenters. The Balaban J connectivity index is 1.66. The largest absolute Gasteiger partial charge is 0.376 e. The van der Waals surface area contributed by atoms with Crippen LogP contribution in [0.4, 0.5) is 0 Å². The highest BCUT2D eigenvalue weighted by molar-refractivity contribution is 5.23. The molecule has 1 unspecified atom stereocenters. The lowest BCUT2D eigenvalue weighted by molar-refractivity contribution is 0.0952. The molecule has 4 heteroatoms. The molecule has 1 aromatic heterocycles. The van der Waals surface area contributed by atoms with Crippen LogP contribution in [0.5, 0.6) is 0 Å². The molecule has 0 radical (unpaired) electrons. The quantitative estimate of drug-likeness (QED) is 0.920. The third-order valence-electron chi connectivity index (χ3n) is 5.15. The van der Waals surface area contributed by atoms with E-state index >= 15 is 0 Å². The Morgan fingerprint density at radius 3 is 2.90 bits per heavy atom. The second-order valence-corrected chi connectivity index (χ2v) is 6.52. The Morgan fingerprint density at radius 2 is 2.10 bits per heavy atom. The van der Waals surface area contributed by atoms with Crippen LogP contribution in [0.1, 0.15) is 61.7 Å². The van der Waals surface area contributed by atoms with Crippen LogP contribution in [-0.4, -0.2) is 28.8 Å². The Morgan fingerprint density at radius 1 is 1.20 bits per heavy atom. The van der Waals surface area contributed by atoms with Gasteiger partial charge < -0.3 is 14.6 Å². The van der Waals surface area contributed by atoms with E-state index in [-0.39, 0.29) is 0 Å². The van der Waals surface area contributed by atoms with Gasteiger partial charge in [-0.15, -0.1) is 0 Å². The molecule has 0 bridgehead atoms. The van der Waals surface area contributed by atoms with Crippen molar-refractivity contribution in [2.45, 2.75) is 70.1 Å². The standard InChI is InChI=1S/C16H25N3O/c1-2-5-12(4-1)16-18-14-10-17-8-7-15(14)19(16)11-13-6-3-9-20-13/h12-13,17H,1-11H2. The lowest BCUT2D eigenvalue weighted by Crippen LogP contribution is -2.27. The van der Waals surface area contributed by atoms with Gasteiger partial charge in [0.25, 0.3) is 0 Å².